The molecule has 1 aromatic rings. The number of hydrogen-bond acceptors (Lipinski definition) is 3. The summed E-state index contributed by atoms with van der Waals surface area (Å²) in [7, 11) is 0. The third-order valence-corrected chi connectivity index (χ3v) is 2.06. The first-order chi connectivity index (χ1) is 5.72. The van der Waals surface area contributed by atoms with Crippen LogP contribution in [-0.2, 0) is 4.79 Å². The van der Waals surface area contributed by atoms with Crippen LogP contribution < -0.4 is 4.74 Å². The highest BCUT2D eigenvalue weighted by Gasteiger charge is 1.96. The van der Waals surface area contributed by atoms with Crippen molar-refractivity contribution in [3.8, 4) is 5.75 Å². The number of carbonyl (C=O) groups excluding carboxylic acids is 1. The minimum Gasteiger partial charge on any atom is -0.427 e. The van der Waals surface area contributed by atoms with E-state index >= 15 is 0 Å². The number of thioether (sulfide) groups is 1. The zero-order chi connectivity index (χ0) is 8.97. The molecule has 64 valence electrons. The van der Waals surface area contributed by atoms with E-state index in [0.29, 0.717) is 5.75 Å². The van der Waals surface area contributed by atoms with E-state index in [4.69, 9.17) is 4.74 Å². The Morgan fingerprint density at radius 3 is 2.33 bits per heavy atom. The van der Waals surface area contributed by atoms with Gasteiger partial charge in [0.2, 0.25) is 0 Å². The van der Waals surface area contributed by atoms with Crippen molar-refractivity contribution >= 4 is 17.7 Å². The molecule has 0 N–H and O–H groups in total. The van der Waals surface area contributed by atoms with E-state index in [1.807, 2.05) is 18.4 Å². The standard InChI is InChI=1S/C9H10O2S/c1-7(10)11-8-3-5-9(12-2)6-4-8/h3-6H,1-2H3. The van der Waals surface area contributed by atoms with Gasteiger partial charge in [0.25, 0.3) is 0 Å². The molecule has 0 spiro atoms. The van der Waals surface area contributed by atoms with Crippen molar-refractivity contribution < 1.29 is 9.53 Å². The van der Waals surface area contributed by atoms with E-state index in [1.54, 1.807) is 23.9 Å². The summed E-state index contributed by atoms with van der Waals surface area (Å²) < 4.78 is 4.87. The largest absolute Gasteiger partial charge is 0.427 e. The summed E-state index contributed by atoms with van der Waals surface area (Å²) in [5.41, 5.74) is 0. The second kappa shape index (κ2) is 4.16. The highest BCUT2D eigenvalue weighted by molar-refractivity contribution is 7.98. The fraction of sp³-hybridized carbons (Fsp3) is 0.222. The average molecular weight is 182 g/mol. The lowest BCUT2D eigenvalue weighted by molar-refractivity contribution is -0.131. The van der Waals surface area contributed by atoms with Gasteiger partial charge >= 0.3 is 5.97 Å². The van der Waals surface area contributed by atoms with Crippen molar-refractivity contribution in [3.63, 3.8) is 0 Å². The van der Waals surface area contributed by atoms with Gasteiger partial charge in [-0.15, -0.1) is 11.8 Å². The van der Waals surface area contributed by atoms with E-state index in [2.05, 4.69) is 0 Å². The summed E-state index contributed by atoms with van der Waals surface area (Å²) in [6, 6.07) is 7.41. The molecule has 1 aromatic carbocycles. The van der Waals surface area contributed by atoms with Crippen molar-refractivity contribution in [1.29, 1.82) is 0 Å². The van der Waals surface area contributed by atoms with Crippen LogP contribution >= 0.6 is 11.8 Å². The zero-order valence-electron chi connectivity index (χ0n) is 7.03. The number of carbonyl (C=O) groups is 1. The molecule has 2 nitrogen and oxygen atoms in total. The van der Waals surface area contributed by atoms with Crippen LogP contribution in [0.15, 0.2) is 29.2 Å². The molecule has 0 saturated heterocycles. The Kier molecular flexibility index (Phi) is 3.17. The molecule has 0 heterocycles. The van der Waals surface area contributed by atoms with Gasteiger partial charge in [-0.05, 0) is 30.5 Å². The Morgan fingerprint density at radius 2 is 1.92 bits per heavy atom. The molecule has 0 aliphatic carbocycles. The van der Waals surface area contributed by atoms with Crippen molar-refractivity contribution in [2.75, 3.05) is 6.26 Å². The van der Waals surface area contributed by atoms with Gasteiger partial charge in [-0.2, -0.15) is 0 Å². The van der Waals surface area contributed by atoms with Gasteiger partial charge in [0, 0.05) is 11.8 Å². The molecule has 0 bridgehead atoms. The maximum atomic E-state index is 10.5. The second-order valence-electron chi connectivity index (χ2n) is 2.27. The molecule has 0 amide bonds. The van der Waals surface area contributed by atoms with E-state index in [0.717, 1.165) is 4.90 Å². The van der Waals surface area contributed by atoms with E-state index in [9.17, 15) is 4.79 Å². The minimum atomic E-state index is -0.285. The Bertz CT molecular complexity index is 266. The summed E-state index contributed by atoms with van der Waals surface area (Å²) in [6.07, 6.45) is 2.00. The van der Waals surface area contributed by atoms with Gasteiger partial charge in [-0.1, -0.05) is 0 Å². The van der Waals surface area contributed by atoms with Gasteiger partial charge in [0.1, 0.15) is 5.75 Å². The van der Waals surface area contributed by atoms with E-state index in [-0.39, 0.29) is 5.97 Å². The monoisotopic (exact) mass is 182 g/mol. The van der Waals surface area contributed by atoms with Crippen LogP contribution in [0.4, 0.5) is 0 Å². The minimum absolute atomic E-state index is 0.285. The van der Waals surface area contributed by atoms with Gasteiger partial charge in [-0.3, -0.25) is 4.79 Å². The Hall–Kier alpha value is -0.960. The first-order valence-corrected chi connectivity index (χ1v) is 4.77. The smallest absolute Gasteiger partial charge is 0.308 e. The number of benzene rings is 1. The van der Waals surface area contributed by atoms with Crippen LogP contribution in [0.1, 0.15) is 6.92 Å². The number of hydrogen-bond donors (Lipinski definition) is 0. The van der Waals surface area contributed by atoms with Crippen molar-refractivity contribution in [2.24, 2.45) is 0 Å². The molecule has 3 heteroatoms. The fourth-order valence-corrected chi connectivity index (χ4v) is 1.22. The molecule has 0 aliphatic heterocycles. The first-order valence-electron chi connectivity index (χ1n) is 3.55. The van der Waals surface area contributed by atoms with Crippen molar-refractivity contribution in [3.05, 3.63) is 24.3 Å². The number of esters is 1. The van der Waals surface area contributed by atoms with Crippen molar-refractivity contribution in [1.82, 2.24) is 0 Å². The SMILES string of the molecule is CSc1ccc(OC(C)=O)cc1. The lowest BCUT2D eigenvalue weighted by atomic mass is 10.3. The zero-order valence-corrected chi connectivity index (χ0v) is 7.85. The molecule has 0 fully saturated rings. The molecule has 0 unspecified atom stereocenters. The summed E-state index contributed by atoms with van der Waals surface area (Å²) in [5.74, 6) is 0.312. The first kappa shape index (κ1) is 9.13. The average Bonchev–Trinajstić information content (AvgIpc) is 2.05. The van der Waals surface area contributed by atoms with Crippen LogP contribution in [0.5, 0.6) is 5.75 Å². The molecule has 12 heavy (non-hydrogen) atoms. The van der Waals surface area contributed by atoms with Gasteiger partial charge in [0.15, 0.2) is 0 Å². The Labute approximate surface area is 75.9 Å². The highest BCUT2D eigenvalue weighted by atomic mass is 32.2. The van der Waals surface area contributed by atoms with Gasteiger partial charge in [0.05, 0.1) is 0 Å². The normalized spacial score (nSPS) is 9.50. The second-order valence-corrected chi connectivity index (χ2v) is 3.15. The van der Waals surface area contributed by atoms with E-state index in [1.165, 1.54) is 6.92 Å². The summed E-state index contributed by atoms with van der Waals surface area (Å²) in [4.78, 5) is 11.7. The maximum absolute atomic E-state index is 10.5. The highest BCUT2D eigenvalue weighted by Crippen LogP contribution is 2.18. The van der Waals surface area contributed by atoms with Gasteiger partial charge < -0.3 is 4.74 Å². The lowest BCUT2D eigenvalue weighted by Gasteiger charge is -2.00. The molecule has 0 aromatic heterocycles. The van der Waals surface area contributed by atoms with Crippen molar-refractivity contribution in [2.45, 2.75) is 11.8 Å². The number of rotatable bonds is 2. The molecule has 0 aliphatic rings. The molecular formula is C9H10O2S. The Morgan fingerprint density at radius 1 is 1.33 bits per heavy atom. The van der Waals surface area contributed by atoms with Crippen LogP contribution in [0.2, 0.25) is 0 Å². The molecule has 0 atom stereocenters. The predicted molar refractivity (Wildman–Crippen MR) is 49.5 cm³/mol. The van der Waals surface area contributed by atoms with E-state index < -0.39 is 0 Å². The summed E-state index contributed by atoms with van der Waals surface area (Å²) in [5, 5.41) is 0. The van der Waals surface area contributed by atoms with Gasteiger partial charge in [-0.25, -0.2) is 0 Å². The number of ether oxygens (including phenoxy) is 1. The quantitative estimate of drug-likeness (QED) is 0.399. The molecule has 0 radical (unpaired) electrons. The molecular weight excluding hydrogens is 172 g/mol. The fourth-order valence-electron chi connectivity index (χ4n) is 0.810. The molecule has 1 rings (SSSR count). The maximum Gasteiger partial charge on any atom is 0.308 e. The third-order valence-electron chi connectivity index (χ3n) is 1.32. The summed E-state index contributed by atoms with van der Waals surface area (Å²) in [6.45, 7) is 1.39. The van der Waals surface area contributed by atoms with Crippen LogP contribution in [-0.4, -0.2) is 12.2 Å². The Balaban J connectivity index is 2.71. The van der Waals surface area contributed by atoms with Crippen LogP contribution in [0, 0.1) is 0 Å². The lowest BCUT2D eigenvalue weighted by Crippen LogP contribution is -2.00. The third kappa shape index (κ3) is 2.58. The molecule has 0 saturated carbocycles. The van der Waals surface area contributed by atoms with Crippen LogP contribution in [0.25, 0.3) is 0 Å². The predicted octanol–water partition coefficient (Wildman–Crippen LogP) is 2.33. The van der Waals surface area contributed by atoms with Crippen LogP contribution in [0.3, 0.4) is 0 Å². The topological polar surface area (TPSA) is 26.3 Å². The summed E-state index contributed by atoms with van der Waals surface area (Å²) >= 11 is 1.66.